The number of aromatic nitrogens is 5. The Morgan fingerprint density at radius 2 is 2.00 bits per heavy atom. The molecule has 2 aliphatic rings. The molecule has 9 heteroatoms. The predicted molar refractivity (Wildman–Crippen MR) is 122 cm³/mol. The predicted octanol–water partition coefficient (Wildman–Crippen LogP) is 3.19. The van der Waals surface area contributed by atoms with Crippen molar-refractivity contribution in [3.63, 3.8) is 0 Å². The number of carbonyl (C=O) groups excluding carboxylic acids is 1. The fourth-order valence-electron chi connectivity index (χ4n) is 3.99. The van der Waals surface area contributed by atoms with Crippen LogP contribution in [0.25, 0.3) is 33.8 Å². The van der Waals surface area contributed by atoms with Crippen molar-refractivity contribution in [1.29, 1.82) is 0 Å². The molecule has 3 heterocycles. The van der Waals surface area contributed by atoms with Crippen LogP contribution >= 0.6 is 0 Å². The average molecular weight is 432 g/mol. The molecule has 0 radical (unpaired) electrons. The van der Waals surface area contributed by atoms with Crippen LogP contribution in [0.15, 0.2) is 42.7 Å². The van der Waals surface area contributed by atoms with Gasteiger partial charge >= 0.3 is 0 Å². The first-order chi connectivity index (χ1) is 15.8. The highest BCUT2D eigenvalue weighted by molar-refractivity contribution is 5.89. The zero-order valence-electron chi connectivity index (χ0n) is 17.6. The number of hydrogen-bond acceptors (Lipinski definition) is 6. The zero-order valence-corrected chi connectivity index (χ0v) is 17.6. The van der Waals surface area contributed by atoms with Crippen molar-refractivity contribution in [2.24, 2.45) is 11.7 Å². The Morgan fingerprint density at radius 3 is 2.72 bits per heavy atom. The van der Waals surface area contributed by atoms with Crippen LogP contribution in [0.1, 0.15) is 19.3 Å². The number of nitrogens with zero attached hydrogens (tertiary/aromatic N) is 4. The number of rotatable bonds is 5. The van der Waals surface area contributed by atoms with Gasteiger partial charge in [-0.3, -0.25) is 9.89 Å². The summed E-state index contributed by atoms with van der Waals surface area (Å²) in [5, 5.41) is 10.4. The molecule has 164 valence electrons. The normalized spacial score (nSPS) is 14.8. The van der Waals surface area contributed by atoms with Crippen LogP contribution in [0, 0.1) is 5.92 Å². The number of aromatic amines is 1. The van der Waals surface area contributed by atoms with Crippen molar-refractivity contribution in [3.05, 3.63) is 42.7 Å². The van der Waals surface area contributed by atoms with E-state index in [-0.39, 0.29) is 6.41 Å². The minimum atomic E-state index is 0.250. The Labute approximate surface area is 185 Å². The van der Waals surface area contributed by atoms with Crippen molar-refractivity contribution in [1.82, 2.24) is 24.7 Å². The lowest BCUT2D eigenvalue weighted by atomic mass is 10.1. The standard InChI is InChI=1S/C22H22N6O.CH3NO/c1-8-28-20-18(10-17(11-19(20)29-9-1)23-12-14-2-3-14)26-22(28)16-6-4-15(5-7-16)21-24-13-25-27-21;2-1-3/h4-7,10-11,13-14,23H,1-3,8-9,12H2,(H,24,25,27);1H,(H2,2,3). The second-order valence-corrected chi connectivity index (χ2v) is 8.00. The molecule has 1 aliphatic carbocycles. The lowest BCUT2D eigenvalue weighted by Crippen LogP contribution is -2.03. The molecule has 1 aliphatic heterocycles. The summed E-state index contributed by atoms with van der Waals surface area (Å²) in [4.78, 5) is 17.8. The number of ether oxygens (including phenoxy) is 1. The third-order valence-corrected chi connectivity index (χ3v) is 5.71. The second-order valence-electron chi connectivity index (χ2n) is 8.00. The summed E-state index contributed by atoms with van der Waals surface area (Å²) >= 11 is 0. The van der Waals surface area contributed by atoms with Gasteiger partial charge in [-0.05, 0) is 31.2 Å². The van der Waals surface area contributed by atoms with Crippen molar-refractivity contribution in [2.45, 2.75) is 25.8 Å². The maximum atomic E-state index is 8.58. The molecule has 4 aromatic rings. The van der Waals surface area contributed by atoms with E-state index in [2.05, 4.69) is 67.2 Å². The average Bonchev–Trinajstić information content (AvgIpc) is 3.41. The lowest BCUT2D eigenvalue weighted by molar-refractivity contribution is -0.106. The van der Waals surface area contributed by atoms with Crippen LogP contribution in [0.5, 0.6) is 5.75 Å². The zero-order chi connectivity index (χ0) is 21.9. The number of aryl methyl sites for hydroxylation is 1. The molecule has 1 fully saturated rings. The first-order valence-electron chi connectivity index (χ1n) is 10.8. The molecular weight excluding hydrogens is 406 g/mol. The van der Waals surface area contributed by atoms with Crippen molar-refractivity contribution in [2.75, 3.05) is 18.5 Å². The van der Waals surface area contributed by atoms with Crippen LogP contribution in [-0.2, 0) is 11.3 Å². The third-order valence-electron chi connectivity index (χ3n) is 5.71. The van der Waals surface area contributed by atoms with Crippen LogP contribution in [-0.4, -0.2) is 44.3 Å². The van der Waals surface area contributed by atoms with Crippen LogP contribution in [0.3, 0.4) is 0 Å². The van der Waals surface area contributed by atoms with E-state index in [0.29, 0.717) is 0 Å². The van der Waals surface area contributed by atoms with Gasteiger partial charge in [-0.15, -0.1) is 0 Å². The summed E-state index contributed by atoms with van der Waals surface area (Å²) in [7, 11) is 0. The van der Waals surface area contributed by atoms with Gasteiger partial charge < -0.3 is 20.4 Å². The molecule has 2 aromatic heterocycles. The minimum Gasteiger partial charge on any atom is -0.491 e. The first kappa shape index (κ1) is 20.0. The number of carbonyl (C=O) groups is 1. The molecule has 0 spiro atoms. The van der Waals surface area contributed by atoms with Gasteiger partial charge in [0.15, 0.2) is 5.82 Å². The van der Waals surface area contributed by atoms with Crippen molar-refractivity contribution < 1.29 is 9.53 Å². The molecule has 0 unspecified atom stereocenters. The minimum absolute atomic E-state index is 0.250. The van der Waals surface area contributed by atoms with Gasteiger partial charge in [0, 0.05) is 36.0 Å². The van der Waals surface area contributed by atoms with Crippen LogP contribution in [0.2, 0.25) is 0 Å². The topological polar surface area (TPSA) is 124 Å². The summed E-state index contributed by atoms with van der Waals surface area (Å²) in [6.07, 6.45) is 5.41. The van der Waals surface area contributed by atoms with E-state index in [4.69, 9.17) is 14.5 Å². The molecule has 2 aromatic carbocycles. The van der Waals surface area contributed by atoms with Gasteiger partial charge in [0.1, 0.15) is 23.4 Å². The van der Waals surface area contributed by atoms with Gasteiger partial charge in [0.2, 0.25) is 6.41 Å². The van der Waals surface area contributed by atoms with E-state index in [1.807, 2.05) is 0 Å². The van der Waals surface area contributed by atoms with E-state index in [1.54, 1.807) is 0 Å². The van der Waals surface area contributed by atoms with Gasteiger partial charge in [-0.25, -0.2) is 9.97 Å². The number of H-pyrrole nitrogens is 1. The quantitative estimate of drug-likeness (QED) is 0.417. The molecular formula is C23H25N7O2. The van der Waals surface area contributed by atoms with Gasteiger partial charge in [0.05, 0.1) is 12.1 Å². The molecule has 9 nitrogen and oxygen atoms in total. The summed E-state index contributed by atoms with van der Waals surface area (Å²) in [5.74, 6) is 3.50. The van der Waals surface area contributed by atoms with Crippen LogP contribution < -0.4 is 15.8 Å². The molecule has 4 N–H and O–H groups in total. The van der Waals surface area contributed by atoms with Crippen LogP contribution in [0.4, 0.5) is 5.69 Å². The fourth-order valence-corrected chi connectivity index (χ4v) is 3.99. The summed E-state index contributed by atoms with van der Waals surface area (Å²) in [5.41, 5.74) is 9.43. The van der Waals surface area contributed by atoms with E-state index in [0.717, 1.165) is 77.3 Å². The Morgan fingerprint density at radius 1 is 1.22 bits per heavy atom. The largest absolute Gasteiger partial charge is 0.491 e. The van der Waals surface area contributed by atoms with E-state index in [1.165, 1.54) is 19.2 Å². The molecule has 6 rings (SSSR count). The van der Waals surface area contributed by atoms with Crippen molar-refractivity contribution >= 4 is 23.1 Å². The van der Waals surface area contributed by atoms with E-state index >= 15 is 0 Å². The highest BCUT2D eigenvalue weighted by atomic mass is 16.5. The van der Waals surface area contributed by atoms with Gasteiger partial charge in [-0.1, -0.05) is 24.3 Å². The number of nitrogens with two attached hydrogens (primary N) is 1. The molecule has 1 saturated carbocycles. The van der Waals surface area contributed by atoms with Gasteiger partial charge in [-0.2, -0.15) is 5.10 Å². The Kier molecular flexibility index (Phi) is 5.45. The highest BCUT2D eigenvalue weighted by Crippen LogP contribution is 2.37. The first-order valence-corrected chi connectivity index (χ1v) is 10.8. The smallest absolute Gasteiger partial charge is 0.204 e. The second kappa shape index (κ2) is 8.70. The number of nitrogens with one attached hydrogen (secondary N) is 2. The molecule has 32 heavy (non-hydrogen) atoms. The molecule has 0 bridgehead atoms. The van der Waals surface area contributed by atoms with E-state index in [9.17, 15) is 0 Å². The highest BCUT2D eigenvalue weighted by Gasteiger charge is 2.23. The lowest BCUT2D eigenvalue weighted by Gasteiger charge is -2.10. The Bertz CT molecular complexity index is 1210. The van der Waals surface area contributed by atoms with Gasteiger partial charge in [0.25, 0.3) is 0 Å². The maximum Gasteiger partial charge on any atom is 0.204 e. The maximum absolute atomic E-state index is 8.58. The number of primary amides is 1. The monoisotopic (exact) mass is 431 g/mol. The number of imidazole rings is 1. The fraction of sp³-hybridized carbons (Fsp3) is 0.304. The Balaban J connectivity index is 0.000000684. The molecule has 0 saturated heterocycles. The SMILES string of the molecule is NC=O.c1n[nH]c(-c2ccc(-c3nc4cc(NCC5CC5)cc5c4n3CCCO5)cc2)n1. The number of benzene rings is 2. The summed E-state index contributed by atoms with van der Waals surface area (Å²) in [6, 6.07) is 12.6. The third kappa shape index (κ3) is 4.01. The Hall–Kier alpha value is -3.88. The van der Waals surface area contributed by atoms with E-state index < -0.39 is 0 Å². The molecule has 1 amide bonds. The number of hydrogen-bond donors (Lipinski definition) is 3. The number of amides is 1. The molecule has 0 atom stereocenters. The summed E-state index contributed by atoms with van der Waals surface area (Å²) < 4.78 is 8.38. The van der Waals surface area contributed by atoms with Crippen molar-refractivity contribution in [3.8, 4) is 28.5 Å². The number of anilines is 1. The summed E-state index contributed by atoms with van der Waals surface area (Å²) in [6.45, 7) is 2.66.